The van der Waals surface area contributed by atoms with Gasteiger partial charge in [0.05, 0.1) is 0 Å². The lowest BCUT2D eigenvalue weighted by atomic mass is 10.0. The van der Waals surface area contributed by atoms with Crippen LogP contribution in [-0.4, -0.2) is 6.04 Å². The molecule has 0 saturated carbocycles. The summed E-state index contributed by atoms with van der Waals surface area (Å²) in [7, 11) is 0. The standard InChI is InChI=1S/C16H17Br2NO/c1-10-6-7-14(18)9-15(10)20-16(11(2)19)12-4-3-5-13(17)8-12/h3-9,11,16H,19H2,1-2H3. The lowest BCUT2D eigenvalue weighted by molar-refractivity contribution is 0.179. The summed E-state index contributed by atoms with van der Waals surface area (Å²) in [4.78, 5) is 0. The van der Waals surface area contributed by atoms with Crippen molar-refractivity contribution in [2.45, 2.75) is 26.0 Å². The third-order valence-electron chi connectivity index (χ3n) is 3.06. The van der Waals surface area contributed by atoms with Crippen LogP contribution in [0.3, 0.4) is 0 Å². The Bertz CT molecular complexity index is 599. The molecule has 2 nitrogen and oxygen atoms in total. The summed E-state index contributed by atoms with van der Waals surface area (Å²) in [5.74, 6) is 0.849. The number of nitrogens with two attached hydrogens (primary N) is 1. The van der Waals surface area contributed by atoms with Gasteiger partial charge in [-0.1, -0.05) is 50.1 Å². The molecule has 0 fully saturated rings. The Hall–Kier alpha value is -0.840. The normalized spacial score (nSPS) is 13.8. The van der Waals surface area contributed by atoms with Crippen LogP contribution in [0.4, 0.5) is 0 Å². The number of benzene rings is 2. The molecule has 106 valence electrons. The van der Waals surface area contributed by atoms with Crippen molar-refractivity contribution in [3.05, 3.63) is 62.5 Å². The average Bonchev–Trinajstić information content (AvgIpc) is 2.39. The Morgan fingerprint density at radius 3 is 2.40 bits per heavy atom. The summed E-state index contributed by atoms with van der Waals surface area (Å²) >= 11 is 6.96. The summed E-state index contributed by atoms with van der Waals surface area (Å²) in [6, 6.07) is 14.0. The SMILES string of the molecule is Cc1ccc(Br)cc1OC(c1cccc(Br)c1)C(C)N. The second kappa shape index (κ2) is 6.74. The summed E-state index contributed by atoms with van der Waals surface area (Å²) in [5.41, 5.74) is 8.26. The van der Waals surface area contributed by atoms with E-state index in [9.17, 15) is 0 Å². The van der Waals surface area contributed by atoms with Crippen LogP contribution in [0, 0.1) is 6.92 Å². The molecule has 2 N–H and O–H groups in total. The van der Waals surface area contributed by atoms with Gasteiger partial charge in [-0.2, -0.15) is 0 Å². The number of rotatable bonds is 4. The molecule has 0 aliphatic carbocycles. The highest BCUT2D eigenvalue weighted by atomic mass is 79.9. The van der Waals surface area contributed by atoms with E-state index in [0.717, 1.165) is 25.8 Å². The van der Waals surface area contributed by atoms with Gasteiger partial charge in [-0.25, -0.2) is 0 Å². The summed E-state index contributed by atoms with van der Waals surface area (Å²) < 4.78 is 8.17. The van der Waals surface area contributed by atoms with E-state index in [-0.39, 0.29) is 12.1 Å². The van der Waals surface area contributed by atoms with E-state index in [1.807, 2.05) is 56.3 Å². The number of aryl methyl sites for hydroxylation is 1. The fraction of sp³-hybridized carbons (Fsp3) is 0.250. The van der Waals surface area contributed by atoms with Crippen LogP contribution in [-0.2, 0) is 0 Å². The maximum atomic E-state index is 6.15. The van der Waals surface area contributed by atoms with Crippen molar-refractivity contribution in [3.63, 3.8) is 0 Å². The number of halogens is 2. The van der Waals surface area contributed by atoms with Crippen molar-refractivity contribution in [2.24, 2.45) is 5.73 Å². The molecule has 0 spiro atoms. The van der Waals surface area contributed by atoms with Crippen LogP contribution in [0.25, 0.3) is 0 Å². The minimum absolute atomic E-state index is 0.109. The second-order valence-corrected chi connectivity index (χ2v) is 6.69. The fourth-order valence-electron chi connectivity index (χ4n) is 2.00. The predicted octanol–water partition coefficient (Wildman–Crippen LogP) is 4.99. The van der Waals surface area contributed by atoms with Gasteiger partial charge in [0.2, 0.25) is 0 Å². The highest BCUT2D eigenvalue weighted by Gasteiger charge is 2.19. The molecule has 0 aliphatic rings. The van der Waals surface area contributed by atoms with Crippen LogP contribution in [0.5, 0.6) is 5.75 Å². The van der Waals surface area contributed by atoms with Gasteiger partial charge < -0.3 is 10.5 Å². The zero-order chi connectivity index (χ0) is 14.7. The van der Waals surface area contributed by atoms with E-state index in [1.165, 1.54) is 0 Å². The maximum absolute atomic E-state index is 6.15. The third kappa shape index (κ3) is 3.84. The van der Waals surface area contributed by atoms with Gasteiger partial charge in [0, 0.05) is 15.0 Å². The minimum Gasteiger partial charge on any atom is -0.484 e. The Morgan fingerprint density at radius 1 is 1.05 bits per heavy atom. The van der Waals surface area contributed by atoms with Gasteiger partial charge in [0.15, 0.2) is 0 Å². The van der Waals surface area contributed by atoms with Crippen molar-refractivity contribution < 1.29 is 4.74 Å². The molecular formula is C16H17Br2NO. The smallest absolute Gasteiger partial charge is 0.139 e. The maximum Gasteiger partial charge on any atom is 0.139 e. The number of hydrogen-bond acceptors (Lipinski definition) is 2. The third-order valence-corrected chi connectivity index (χ3v) is 4.05. The quantitative estimate of drug-likeness (QED) is 0.787. The molecule has 0 aliphatic heterocycles. The van der Waals surface area contributed by atoms with Crippen LogP contribution < -0.4 is 10.5 Å². The van der Waals surface area contributed by atoms with Gasteiger partial charge in [-0.15, -0.1) is 0 Å². The molecule has 2 rings (SSSR count). The van der Waals surface area contributed by atoms with E-state index >= 15 is 0 Å². The number of hydrogen-bond donors (Lipinski definition) is 1. The Morgan fingerprint density at radius 2 is 1.75 bits per heavy atom. The molecule has 0 saturated heterocycles. The molecule has 0 amide bonds. The van der Waals surface area contributed by atoms with E-state index < -0.39 is 0 Å². The van der Waals surface area contributed by atoms with Crippen molar-refractivity contribution in [3.8, 4) is 5.75 Å². The van der Waals surface area contributed by atoms with Gasteiger partial charge in [0.1, 0.15) is 11.9 Å². The molecule has 2 aromatic rings. The van der Waals surface area contributed by atoms with E-state index in [2.05, 4.69) is 31.9 Å². The summed E-state index contributed by atoms with van der Waals surface area (Å²) in [5, 5.41) is 0. The molecule has 0 bridgehead atoms. The summed E-state index contributed by atoms with van der Waals surface area (Å²) in [6.07, 6.45) is -0.180. The van der Waals surface area contributed by atoms with Crippen molar-refractivity contribution in [1.82, 2.24) is 0 Å². The molecule has 0 aromatic heterocycles. The van der Waals surface area contributed by atoms with Gasteiger partial charge in [0.25, 0.3) is 0 Å². The van der Waals surface area contributed by atoms with Gasteiger partial charge in [-0.05, 0) is 49.2 Å². The van der Waals surface area contributed by atoms with E-state index in [0.29, 0.717) is 0 Å². The largest absolute Gasteiger partial charge is 0.484 e. The highest BCUT2D eigenvalue weighted by Crippen LogP contribution is 2.30. The van der Waals surface area contributed by atoms with Crippen LogP contribution in [0.15, 0.2) is 51.4 Å². The predicted molar refractivity (Wildman–Crippen MR) is 90.0 cm³/mol. The zero-order valence-corrected chi connectivity index (χ0v) is 14.6. The fourth-order valence-corrected chi connectivity index (χ4v) is 2.76. The first-order chi connectivity index (χ1) is 9.47. The first-order valence-corrected chi connectivity index (χ1v) is 8.00. The molecular weight excluding hydrogens is 382 g/mol. The van der Waals surface area contributed by atoms with Gasteiger partial charge in [-0.3, -0.25) is 0 Å². The first-order valence-electron chi connectivity index (χ1n) is 6.41. The van der Waals surface area contributed by atoms with Crippen LogP contribution >= 0.6 is 31.9 Å². The topological polar surface area (TPSA) is 35.2 Å². The molecule has 0 radical (unpaired) electrons. The lowest BCUT2D eigenvalue weighted by Gasteiger charge is -2.24. The molecule has 4 heteroatoms. The zero-order valence-electron chi connectivity index (χ0n) is 11.4. The van der Waals surface area contributed by atoms with E-state index in [1.54, 1.807) is 0 Å². The van der Waals surface area contributed by atoms with Gasteiger partial charge >= 0.3 is 0 Å². The highest BCUT2D eigenvalue weighted by molar-refractivity contribution is 9.10. The van der Waals surface area contributed by atoms with Crippen LogP contribution in [0.2, 0.25) is 0 Å². The lowest BCUT2D eigenvalue weighted by Crippen LogP contribution is -2.29. The Kier molecular flexibility index (Phi) is 5.24. The van der Waals surface area contributed by atoms with Crippen molar-refractivity contribution in [1.29, 1.82) is 0 Å². The monoisotopic (exact) mass is 397 g/mol. The first kappa shape index (κ1) is 15.5. The second-order valence-electron chi connectivity index (χ2n) is 4.86. The molecule has 0 heterocycles. The van der Waals surface area contributed by atoms with Crippen LogP contribution in [0.1, 0.15) is 24.2 Å². The minimum atomic E-state index is -0.180. The van der Waals surface area contributed by atoms with Crippen molar-refractivity contribution in [2.75, 3.05) is 0 Å². The Balaban J connectivity index is 2.33. The Labute approximate surface area is 136 Å². The van der Waals surface area contributed by atoms with E-state index in [4.69, 9.17) is 10.5 Å². The van der Waals surface area contributed by atoms with Crippen molar-refractivity contribution >= 4 is 31.9 Å². The summed E-state index contributed by atoms with van der Waals surface area (Å²) in [6.45, 7) is 3.99. The molecule has 20 heavy (non-hydrogen) atoms. The molecule has 2 atom stereocenters. The number of ether oxygens (including phenoxy) is 1. The molecule has 2 unspecified atom stereocenters. The average molecular weight is 399 g/mol. The molecule has 2 aromatic carbocycles.